The fraction of sp³-hybridized carbons (Fsp3) is 0.444. The number of anilines is 1. The Morgan fingerprint density at radius 2 is 1.81 bits per heavy atom. The minimum atomic E-state index is 0.565. The summed E-state index contributed by atoms with van der Waals surface area (Å²) in [5.74, 6) is 0. The van der Waals surface area contributed by atoms with Crippen LogP contribution in [0, 0.1) is 20.8 Å². The molecule has 3 rings (SSSR count). The van der Waals surface area contributed by atoms with Crippen molar-refractivity contribution < 1.29 is 0 Å². The van der Waals surface area contributed by atoms with E-state index in [1.165, 1.54) is 35.2 Å². The Labute approximate surface area is 129 Å². The number of aromatic nitrogens is 1. The Hall–Kier alpha value is -1.64. The van der Waals surface area contributed by atoms with Crippen LogP contribution in [0.25, 0.3) is 0 Å². The average Bonchev–Trinajstić information content (AvgIpc) is 2.99. The first-order valence-corrected chi connectivity index (χ1v) is 7.81. The molecule has 3 heteroatoms. The highest BCUT2D eigenvalue weighted by Crippen LogP contribution is 2.30. The van der Waals surface area contributed by atoms with Gasteiger partial charge < -0.3 is 9.47 Å². The smallest absolute Gasteiger partial charge is 0.114 e. The van der Waals surface area contributed by atoms with Crippen LogP contribution in [0.5, 0.6) is 0 Å². The van der Waals surface area contributed by atoms with Crippen LogP contribution in [0.4, 0.5) is 5.69 Å². The number of nitrogens with zero attached hydrogens (tertiary/aromatic N) is 2. The topological polar surface area (TPSA) is 8.17 Å². The van der Waals surface area contributed by atoms with E-state index in [0.717, 1.165) is 18.6 Å². The van der Waals surface area contributed by atoms with Crippen LogP contribution >= 0.6 is 0 Å². The molecule has 1 aliphatic heterocycles. The largest absolute Gasteiger partial charge is 0.369 e. The Morgan fingerprint density at radius 1 is 1.10 bits per heavy atom. The summed E-state index contributed by atoms with van der Waals surface area (Å²) >= 11 is 0. The lowest BCUT2D eigenvalue weighted by molar-refractivity contribution is 0.406. The van der Waals surface area contributed by atoms with Crippen molar-refractivity contribution in [3.63, 3.8) is 0 Å². The zero-order valence-electron chi connectivity index (χ0n) is 13.3. The number of benzene rings is 1. The molecule has 1 aliphatic rings. The maximum atomic E-state index is 6.26. The second kappa shape index (κ2) is 5.63. The fourth-order valence-electron chi connectivity index (χ4n) is 3.67. The predicted molar refractivity (Wildman–Crippen MR) is 91.0 cm³/mol. The molecule has 1 fully saturated rings. The molecule has 0 amide bonds. The van der Waals surface area contributed by atoms with Crippen LogP contribution in [0.1, 0.15) is 35.6 Å². The number of hydrogen-bond acceptors (Lipinski definition) is 1. The number of rotatable bonds is 2. The third-order valence-corrected chi connectivity index (χ3v) is 4.75. The van der Waals surface area contributed by atoms with E-state index in [-0.39, 0.29) is 0 Å². The highest BCUT2D eigenvalue weighted by atomic mass is 15.2. The van der Waals surface area contributed by atoms with Crippen molar-refractivity contribution in [2.24, 2.45) is 0 Å². The first kappa shape index (κ1) is 14.3. The van der Waals surface area contributed by atoms with Crippen LogP contribution in [0.3, 0.4) is 0 Å². The van der Waals surface area contributed by atoms with Crippen LogP contribution in [-0.2, 0) is 0 Å². The van der Waals surface area contributed by atoms with Crippen LogP contribution in [0.15, 0.2) is 30.6 Å². The highest BCUT2D eigenvalue weighted by Gasteiger charge is 2.23. The molecular weight excluding hydrogens is 255 g/mol. The lowest BCUT2D eigenvalue weighted by Crippen LogP contribution is -2.38. The molecular formula is C18H23BN2. The molecule has 2 nitrogen and oxygen atoms in total. The summed E-state index contributed by atoms with van der Waals surface area (Å²) in [5, 5.41) is 0. The lowest BCUT2D eigenvalue weighted by atomic mass is 9.84. The van der Waals surface area contributed by atoms with E-state index in [0.29, 0.717) is 6.04 Å². The molecule has 2 radical (unpaired) electrons. The molecule has 1 atom stereocenters. The molecule has 0 aliphatic carbocycles. The summed E-state index contributed by atoms with van der Waals surface area (Å²) < 4.78 is 2.34. The molecule has 108 valence electrons. The Morgan fingerprint density at radius 3 is 2.52 bits per heavy atom. The van der Waals surface area contributed by atoms with E-state index in [4.69, 9.17) is 7.85 Å². The van der Waals surface area contributed by atoms with Crippen LogP contribution in [-0.4, -0.2) is 25.5 Å². The number of piperidine rings is 1. The van der Waals surface area contributed by atoms with E-state index in [1.807, 2.05) is 0 Å². The van der Waals surface area contributed by atoms with Gasteiger partial charge in [-0.05, 0) is 56.9 Å². The molecule has 2 aromatic rings. The monoisotopic (exact) mass is 278 g/mol. The molecule has 0 saturated carbocycles. The Bertz CT molecular complexity index is 631. The second-order valence-electron chi connectivity index (χ2n) is 6.27. The van der Waals surface area contributed by atoms with Gasteiger partial charge in [0.25, 0.3) is 0 Å². The normalized spacial score (nSPS) is 19.0. The standard InChI is InChI=1S/C18H23BN2/c1-13-11-14(2)18(15(3)17(13)19)21-10-6-7-16(12-21)20-8-4-5-9-20/h4-5,8-9,11,16H,6-7,10,12H2,1-3H3. The highest BCUT2D eigenvalue weighted by molar-refractivity contribution is 6.34. The van der Waals surface area contributed by atoms with Gasteiger partial charge in [-0.25, -0.2) is 0 Å². The summed E-state index contributed by atoms with van der Waals surface area (Å²) in [7, 11) is 6.26. The molecule has 1 aromatic heterocycles. The summed E-state index contributed by atoms with van der Waals surface area (Å²) in [6.07, 6.45) is 6.84. The number of aryl methyl sites for hydroxylation is 2. The van der Waals surface area contributed by atoms with E-state index >= 15 is 0 Å². The van der Waals surface area contributed by atoms with Gasteiger partial charge in [0.15, 0.2) is 0 Å². The summed E-state index contributed by atoms with van der Waals surface area (Å²) in [4.78, 5) is 2.52. The second-order valence-corrected chi connectivity index (χ2v) is 6.27. The molecule has 0 spiro atoms. The average molecular weight is 278 g/mol. The molecule has 0 bridgehead atoms. The predicted octanol–water partition coefficient (Wildman–Crippen LogP) is 3.05. The quantitative estimate of drug-likeness (QED) is 0.766. The SMILES string of the molecule is [B]c1c(C)cc(C)c(N2CCCC(n3cccc3)C2)c1C. The lowest BCUT2D eigenvalue weighted by Gasteiger charge is -2.37. The molecule has 0 N–H and O–H groups in total. The minimum Gasteiger partial charge on any atom is -0.369 e. The first-order chi connectivity index (χ1) is 10.1. The zero-order valence-corrected chi connectivity index (χ0v) is 13.3. The van der Waals surface area contributed by atoms with Crippen molar-refractivity contribution in [3.8, 4) is 0 Å². The molecule has 2 heterocycles. The van der Waals surface area contributed by atoms with Gasteiger partial charge in [-0.2, -0.15) is 0 Å². The molecule has 1 aromatic carbocycles. The van der Waals surface area contributed by atoms with Crippen molar-refractivity contribution in [2.45, 2.75) is 39.7 Å². The van der Waals surface area contributed by atoms with E-state index in [2.05, 4.69) is 60.8 Å². The minimum absolute atomic E-state index is 0.565. The van der Waals surface area contributed by atoms with Gasteiger partial charge >= 0.3 is 0 Å². The van der Waals surface area contributed by atoms with Gasteiger partial charge in [0.2, 0.25) is 0 Å². The third kappa shape index (κ3) is 2.62. The van der Waals surface area contributed by atoms with Gasteiger partial charge in [-0.1, -0.05) is 17.1 Å². The molecule has 1 unspecified atom stereocenters. The van der Waals surface area contributed by atoms with Crippen LogP contribution < -0.4 is 10.4 Å². The van der Waals surface area contributed by atoms with Gasteiger partial charge in [0.1, 0.15) is 7.85 Å². The Kier molecular flexibility index (Phi) is 3.84. The van der Waals surface area contributed by atoms with Crippen molar-refractivity contribution in [1.29, 1.82) is 0 Å². The van der Waals surface area contributed by atoms with Gasteiger partial charge in [0.05, 0.1) is 6.04 Å². The van der Waals surface area contributed by atoms with Gasteiger partial charge in [-0.3, -0.25) is 0 Å². The fourth-order valence-corrected chi connectivity index (χ4v) is 3.67. The van der Waals surface area contributed by atoms with Crippen LogP contribution in [0.2, 0.25) is 0 Å². The van der Waals surface area contributed by atoms with Crippen molar-refractivity contribution >= 4 is 19.0 Å². The van der Waals surface area contributed by atoms with E-state index in [1.54, 1.807) is 0 Å². The first-order valence-electron chi connectivity index (χ1n) is 7.81. The number of hydrogen-bond donors (Lipinski definition) is 0. The van der Waals surface area contributed by atoms with E-state index in [9.17, 15) is 0 Å². The maximum Gasteiger partial charge on any atom is 0.114 e. The molecule has 21 heavy (non-hydrogen) atoms. The Balaban J connectivity index is 1.92. The summed E-state index contributed by atoms with van der Waals surface area (Å²) in [6.45, 7) is 8.65. The summed E-state index contributed by atoms with van der Waals surface area (Å²) in [5.41, 5.74) is 6.05. The van der Waals surface area contributed by atoms with Gasteiger partial charge in [0, 0.05) is 31.2 Å². The molecule has 1 saturated heterocycles. The summed E-state index contributed by atoms with van der Waals surface area (Å²) in [6, 6.07) is 7.00. The van der Waals surface area contributed by atoms with Crippen molar-refractivity contribution in [2.75, 3.05) is 18.0 Å². The third-order valence-electron chi connectivity index (χ3n) is 4.75. The maximum absolute atomic E-state index is 6.26. The van der Waals surface area contributed by atoms with Crippen molar-refractivity contribution in [1.82, 2.24) is 4.57 Å². The van der Waals surface area contributed by atoms with E-state index < -0.39 is 0 Å². The van der Waals surface area contributed by atoms with Gasteiger partial charge in [-0.15, -0.1) is 0 Å². The zero-order chi connectivity index (χ0) is 15.0. The van der Waals surface area contributed by atoms with Crippen molar-refractivity contribution in [3.05, 3.63) is 47.3 Å².